The summed E-state index contributed by atoms with van der Waals surface area (Å²) in [5.74, 6) is -0.976. The lowest BCUT2D eigenvalue weighted by Gasteiger charge is -2.31. The summed E-state index contributed by atoms with van der Waals surface area (Å²) in [6, 6.07) is 18.8. The zero-order valence-electron chi connectivity index (χ0n) is 15.9. The molecule has 0 aliphatic carbocycles. The van der Waals surface area contributed by atoms with Crippen LogP contribution in [0.25, 0.3) is 0 Å². The van der Waals surface area contributed by atoms with Crippen molar-refractivity contribution in [3.63, 3.8) is 0 Å². The molecule has 1 aliphatic rings. The number of benzene rings is 2. The Hall–Kier alpha value is -2.34. The highest BCUT2D eigenvalue weighted by molar-refractivity contribution is 5.84. The van der Waals surface area contributed by atoms with Crippen LogP contribution < -0.4 is 5.32 Å². The topological polar surface area (TPSA) is 32.3 Å². The molecule has 0 radical (unpaired) electrons. The summed E-state index contributed by atoms with van der Waals surface area (Å²) >= 11 is 0. The van der Waals surface area contributed by atoms with E-state index < -0.39 is 17.5 Å². The molecular formula is C22H25F3N2O. The van der Waals surface area contributed by atoms with Gasteiger partial charge in [0.2, 0.25) is 5.91 Å². The second-order valence-corrected chi connectivity index (χ2v) is 7.55. The third-order valence-electron chi connectivity index (χ3n) is 5.51. The molecule has 150 valence electrons. The summed E-state index contributed by atoms with van der Waals surface area (Å²) in [5.41, 5.74) is -0.419. The van der Waals surface area contributed by atoms with Gasteiger partial charge in [-0.05, 0) is 30.0 Å². The van der Waals surface area contributed by atoms with Gasteiger partial charge in [-0.1, -0.05) is 67.6 Å². The smallest absolute Gasteiger partial charge is 0.355 e. The van der Waals surface area contributed by atoms with Gasteiger partial charge in [0, 0.05) is 19.6 Å². The van der Waals surface area contributed by atoms with E-state index in [2.05, 4.69) is 5.32 Å². The first kappa shape index (κ1) is 20.4. The van der Waals surface area contributed by atoms with E-state index in [1.165, 1.54) is 0 Å². The second-order valence-electron chi connectivity index (χ2n) is 7.55. The Balaban J connectivity index is 1.67. The monoisotopic (exact) mass is 390 g/mol. The van der Waals surface area contributed by atoms with Gasteiger partial charge >= 0.3 is 6.18 Å². The summed E-state index contributed by atoms with van der Waals surface area (Å²) in [6.45, 7) is 2.42. The molecule has 2 aromatic rings. The first-order valence-corrected chi connectivity index (χ1v) is 9.48. The number of carbonyl (C=O) groups is 1. The van der Waals surface area contributed by atoms with E-state index in [1.54, 1.807) is 4.90 Å². The van der Waals surface area contributed by atoms with Crippen molar-refractivity contribution in [2.45, 2.75) is 32.0 Å². The molecule has 1 fully saturated rings. The van der Waals surface area contributed by atoms with Crippen LogP contribution in [0.1, 0.15) is 30.4 Å². The molecule has 0 spiro atoms. The maximum Gasteiger partial charge on any atom is 0.404 e. The van der Waals surface area contributed by atoms with Crippen molar-refractivity contribution in [3.8, 4) is 0 Å². The van der Waals surface area contributed by atoms with E-state index in [9.17, 15) is 18.0 Å². The first-order valence-electron chi connectivity index (χ1n) is 9.48. The fraction of sp³-hybridized carbons (Fsp3) is 0.409. The molecule has 3 rings (SSSR count). The Kier molecular flexibility index (Phi) is 6.08. The number of halogens is 3. The second kappa shape index (κ2) is 8.35. The number of alkyl halides is 3. The van der Waals surface area contributed by atoms with Crippen molar-refractivity contribution < 1.29 is 18.0 Å². The average Bonchev–Trinajstić information content (AvgIpc) is 3.12. The number of nitrogens with one attached hydrogen (secondary N) is 1. The van der Waals surface area contributed by atoms with Crippen molar-refractivity contribution in [2.24, 2.45) is 5.41 Å². The molecule has 0 aromatic heterocycles. The third-order valence-corrected chi connectivity index (χ3v) is 5.51. The quantitative estimate of drug-likeness (QED) is 0.795. The van der Waals surface area contributed by atoms with Gasteiger partial charge in [0.05, 0.1) is 0 Å². The van der Waals surface area contributed by atoms with Gasteiger partial charge in [0.15, 0.2) is 5.41 Å². The van der Waals surface area contributed by atoms with E-state index in [-0.39, 0.29) is 32.0 Å². The lowest BCUT2D eigenvalue weighted by atomic mass is 9.85. The van der Waals surface area contributed by atoms with Crippen LogP contribution in [0.15, 0.2) is 60.7 Å². The molecule has 1 amide bonds. The number of hydrogen-bond donors (Lipinski definition) is 1. The molecule has 2 atom stereocenters. The van der Waals surface area contributed by atoms with Crippen LogP contribution in [0.2, 0.25) is 0 Å². The number of carbonyl (C=O) groups excluding carboxylic acids is 1. The summed E-state index contributed by atoms with van der Waals surface area (Å²) in [4.78, 5) is 14.4. The predicted octanol–water partition coefficient (Wildman–Crippen LogP) is 4.36. The molecule has 0 bridgehead atoms. The van der Waals surface area contributed by atoms with E-state index in [4.69, 9.17) is 0 Å². The van der Waals surface area contributed by atoms with E-state index in [0.29, 0.717) is 6.54 Å². The third kappa shape index (κ3) is 4.38. The molecular weight excluding hydrogens is 365 g/mol. The van der Waals surface area contributed by atoms with Crippen LogP contribution in [0, 0.1) is 5.41 Å². The highest BCUT2D eigenvalue weighted by Crippen LogP contribution is 2.46. The maximum absolute atomic E-state index is 13.9. The summed E-state index contributed by atoms with van der Waals surface area (Å²) in [6.07, 6.45) is -4.80. The zero-order valence-corrected chi connectivity index (χ0v) is 15.9. The minimum absolute atomic E-state index is 0.0581. The largest absolute Gasteiger partial charge is 0.404 e. The normalized spacial score (nSPS) is 21.4. The lowest BCUT2D eigenvalue weighted by Crippen LogP contribution is -2.53. The van der Waals surface area contributed by atoms with Crippen LogP contribution in [-0.4, -0.2) is 36.6 Å². The number of amides is 1. The van der Waals surface area contributed by atoms with Crippen molar-refractivity contribution >= 4 is 5.91 Å². The Bertz CT molecular complexity index is 779. The van der Waals surface area contributed by atoms with Crippen LogP contribution in [-0.2, 0) is 11.3 Å². The summed E-state index contributed by atoms with van der Waals surface area (Å²) in [5, 5.41) is 2.57. The van der Waals surface area contributed by atoms with E-state index >= 15 is 0 Å². The van der Waals surface area contributed by atoms with Gasteiger partial charge in [-0.25, -0.2) is 0 Å². The molecule has 1 saturated heterocycles. The van der Waals surface area contributed by atoms with Gasteiger partial charge in [0.1, 0.15) is 0 Å². The Morgan fingerprint density at radius 3 is 2.32 bits per heavy atom. The number of hydrogen-bond acceptors (Lipinski definition) is 2. The molecule has 1 aliphatic heterocycles. The Morgan fingerprint density at radius 1 is 1.11 bits per heavy atom. The summed E-state index contributed by atoms with van der Waals surface area (Å²) in [7, 11) is 0. The molecule has 2 aromatic carbocycles. The number of rotatable bonds is 6. The first-order chi connectivity index (χ1) is 13.3. The number of nitrogens with zero attached hydrogens (tertiary/aromatic N) is 1. The fourth-order valence-electron chi connectivity index (χ4n) is 3.73. The van der Waals surface area contributed by atoms with Crippen molar-refractivity contribution in [2.75, 3.05) is 19.6 Å². The highest BCUT2D eigenvalue weighted by atomic mass is 19.4. The highest BCUT2D eigenvalue weighted by Gasteiger charge is 2.62. The van der Waals surface area contributed by atoms with Gasteiger partial charge in [0.25, 0.3) is 0 Å². The van der Waals surface area contributed by atoms with Crippen molar-refractivity contribution in [1.82, 2.24) is 10.2 Å². The Morgan fingerprint density at radius 2 is 1.71 bits per heavy atom. The lowest BCUT2D eigenvalue weighted by molar-refractivity contribution is -0.218. The SMILES string of the molecule is CC(CNC(=O)C1(C(F)(F)F)CCN(Cc2ccccc2)C1)c1ccccc1. The van der Waals surface area contributed by atoms with Gasteiger partial charge in [-0.3, -0.25) is 9.69 Å². The minimum atomic E-state index is -4.58. The molecule has 6 heteroatoms. The molecule has 3 nitrogen and oxygen atoms in total. The predicted molar refractivity (Wildman–Crippen MR) is 103 cm³/mol. The minimum Gasteiger partial charge on any atom is -0.355 e. The molecule has 0 saturated carbocycles. The number of likely N-dealkylation sites (tertiary alicyclic amines) is 1. The van der Waals surface area contributed by atoms with Crippen LogP contribution >= 0.6 is 0 Å². The van der Waals surface area contributed by atoms with E-state index in [1.807, 2.05) is 67.6 Å². The average molecular weight is 390 g/mol. The molecule has 28 heavy (non-hydrogen) atoms. The van der Waals surface area contributed by atoms with Crippen LogP contribution in [0.5, 0.6) is 0 Å². The Labute approximate surface area is 163 Å². The summed E-state index contributed by atoms with van der Waals surface area (Å²) < 4.78 is 41.8. The van der Waals surface area contributed by atoms with Crippen LogP contribution in [0.3, 0.4) is 0 Å². The maximum atomic E-state index is 13.9. The van der Waals surface area contributed by atoms with Crippen LogP contribution in [0.4, 0.5) is 13.2 Å². The molecule has 2 unspecified atom stereocenters. The fourth-order valence-corrected chi connectivity index (χ4v) is 3.73. The van der Waals surface area contributed by atoms with Gasteiger partial charge in [-0.2, -0.15) is 13.2 Å². The van der Waals surface area contributed by atoms with Crippen molar-refractivity contribution in [1.29, 1.82) is 0 Å². The van der Waals surface area contributed by atoms with E-state index in [0.717, 1.165) is 11.1 Å². The van der Waals surface area contributed by atoms with Crippen molar-refractivity contribution in [3.05, 3.63) is 71.8 Å². The molecule has 1 N–H and O–H groups in total. The zero-order chi connectivity index (χ0) is 20.2. The van der Waals surface area contributed by atoms with Gasteiger partial charge in [-0.15, -0.1) is 0 Å². The van der Waals surface area contributed by atoms with Gasteiger partial charge < -0.3 is 5.32 Å². The molecule has 1 heterocycles. The standard InChI is InChI=1S/C22H25F3N2O/c1-17(19-10-6-3-7-11-19)14-26-20(28)21(22(23,24)25)12-13-27(16-21)15-18-8-4-2-5-9-18/h2-11,17H,12-16H2,1H3,(H,26,28).